The van der Waals surface area contributed by atoms with E-state index in [1.807, 2.05) is 25.1 Å². The molecule has 0 aliphatic carbocycles. The monoisotopic (exact) mass is 327 g/mol. The summed E-state index contributed by atoms with van der Waals surface area (Å²) in [6.07, 6.45) is 0. The highest BCUT2D eigenvalue weighted by Crippen LogP contribution is 2.29. The average molecular weight is 328 g/mol. The predicted octanol–water partition coefficient (Wildman–Crippen LogP) is 5.06. The van der Waals surface area contributed by atoms with Gasteiger partial charge in [-0.15, -0.1) is 11.8 Å². The zero-order valence-electron chi connectivity index (χ0n) is 11.6. The first-order chi connectivity index (χ1) is 10.1. The fourth-order valence-electron chi connectivity index (χ4n) is 2.07. The van der Waals surface area contributed by atoms with E-state index in [1.165, 1.54) is 30.0 Å². The van der Waals surface area contributed by atoms with E-state index in [9.17, 15) is 8.78 Å². The molecule has 0 saturated carbocycles. The third-order valence-corrected chi connectivity index (χ3v) is 4.33. The van der Waals surface area contributed by atoms with Crippen LogP contribution in [-0.2, 0) is 0 Å². The number of thioether (sulfide) groups is 1. The molecule has 0 aliphatic heterocycles. The van der Waals surface area contributed by atoms with Gasteiger partial charge in [0.2, 0.25) is 0 Å². The zero-order valence-corrected chi connectivity index (χ0v) is 13.1. The molecule has 0 aromatic heterocycles. The third kappa shape index (κ3) is 4.43. The lowest BCUT2D eigenvalue weighted by Gasteiger charge is -2.19. The van der Waals surface area contributed by atoms with Crippen LogP contribution in [0.4, 0.5) is 8.78 Å². The summed E-state index contributed by atoms with van der Waals surface area (Å²) in [5, 5.41) is 3.78. The average Bonchev–Trinajstić information content (AvgIpc) is 2.44. The van der Waals surface area contributed by atoms with Crippen molar-refractivity contribution in [2.75, 3.05) is 12.3 Å². The van der Waals surface area contributed by atoms with Crippen molar-refractivity contribution in [3.05, 3.63) is 64.7 Å². The molecule has 1 N–H and O–H groups in total. The van der Waals surface area contributed by atoms with Gasteiger partial charge in [0.05, 0.1) is 0 Å². The minimum absolute atomic E-state index is 0.0916. The van der Waals surface area contributed by atoms with Crippen LogP contribution in [0.25, 0.3) is 0 Å². The molecule has 0 spiro atoms. The molecular formula is C16H16ClF2NS. The molecule has 0 amide bonds. The molecule has 1 nitrogen and oxygen atoms in total. The lowest BCUT2D eigenvalue weighted by molar-refractivity contribution is 0.500. The van der Waals surface area contributed by atoms with Crippen LogP contribution in [0.15, 0.2) is 47.4 Å². The van der Waals surface area contributed by atoms with E-state index in [1.54, 1.807) is 6.07 Å². The molecule has 1 unspecified atom stereocenters. The van der Waals surface area contributed by atoms with E-state index in [0.29, 0.717) is 17.3 Å². The van der Waals surface area contributed by atoms with Gasteiger partial charge in [-0.3, -0.25) is 0 Å². The maximum Gasteiger partial charge on any atom is 0.130 e. The van der Waals surface area contributed by atoms with Gasteiger partial charge in [-0.05, 0) is 36.9 Å². The molecular weight excluding hydrogens is 312 g/mol. The Balaban J connectivity index is 2.16. The van der Waals surface area contributed by atoms with Crippen molar-refractivity contribution in [1.29, 1.82) is 0 Å². The van der Waals surface area contributed by atoms with E-state index in [4.69, 9.17) is 11.6 Å². The van der Waals surface area contributed by atoms with Gasteiger partial charge in [-0.25, -0.2) is 8.78 Å². The standard InChI is InChI=1S/C16H16ClF2NS/c1-2-20-15(16-13(18)7-4-8-14(16)19)10-21-12-6-3-5-11(17)9-12/h3-9,15,20H,2,10H2,1H3. The summed E-state index contributed by atoms with van der Waals surface area (Å²) >= 11 is 7.45. The number of rotatable bonds is 6. The summed E-state index contributed by atoms with van der Waals surface area (Å²) in [4.78, 5) is 0.974. The lowest BCUT2D eigenvalue weighted by Crippen LogP contribution is -2.25. The molecule has 5 heteroatoms. The van der Waals surface area contributed by atoms with Crippen LogP contribution in [0.5, 0.6) is 0 Å². The van der Waals surface area contributed by atoms with Crippen molar-refractivity contribution in [2.24, 2.45) is 0 Å². The first-order valence-corrected chi connectivity index (χ1v) is 8.03. The minimum Gasteiger partial charge on any atom is -0.309 e. The van der Waals surface area contributed by atoms with Crippen molar-refractivity contribution < 1.29 is 8.78 Å². The summed E-state index contributed by atoms with van der Waals surface area (Å²) < 4.78 is 27.8. The van der Waals surface area contributed by atoms with Gasteiger partial charge in [-0.1, -0.05) is 30.7 Å². The summed E-state index contributed by atoms with van der Waals surface area (Å²) in [6.45, 7) is 2.55. The smallest absolute Gasteiger partial charge is 0.130 e. The number of nitrogens with one attached hydrogen (secondary N) is 1. The summed E-state index contributed by atoms with van der Waals surface area (Å²) in [5.74, 6) is -0.522. The van der Waals surface area contributed by atoms with Gasteiger partial charge < -0.3 is 5.32 Å². The zero-order chi connectivity index (χ0) is 15.2. The molecule has 0 saturated heterocycles. The number of hydrogen-bond donors (Lipinski definition) is 1. The first kappa shape index (κ1) is 16.3. The molecule has 1 atom stereocenters. The highest BCUT2D eigenvalue weighted by Gasteiger charge is 2.19. The van der Waals surface area contributed by atoms with Crippen LogP contribution < -0.4 is 5.32 Å². The third-order valence-electron chi connectivity index (χ3n) is 3.01. The molecule has 21 heavy (non-hydrogen) atoms. The van der Waals surface area contributed by atoms with Gasteiger partial charge >= 0.3 is 0 Å². The van der Waals surface area contributed by atoms with Crippen LogP contribution >= 0.6 is 23.4 Å². The van der Waals surface area contributed by atoms with Crippen molar-refractivity contribution in [2.45, 2.75) is 17.9 Å². The lowest BCUT2D eigenvalue weighted by atomic mass is 10.1. The van der Waals surface area contributed by atoms with Crippen LogP contribution in [0.1, 0.15) is 18.5 Å². The second-order valence-electron chi connectivity index (χ2n) is 4.51. The summed E-state index contributed by atoms with van der Waals surface area (Å²) in [6, 6.07) is 11.0. The van der Waals surface area contributed by atoms with Crippen LogP contribution in [0, 0.1) is 11.6 Å². The molecule has 2 rings (SSSR count). The molecule has 0 fully saturated rings. The largest absolute Gasteiger partial charge is 0.309 e. The highest BCUT2D eigenvalue weighted by atomic mass is 35.5. The van der Waals surface area contributed by atoms with Crippen LogP contribution in [0.2, 0.25) is 5.02 Å². The Morgan fingerprint density at radius 2 is 1.81 bits per heavy atom. The van der Waals surface area contributed by atoms with Gasteiger partial charge in [0.1, 0.15) is 11.6 Å². The Hall–Kier alpha value is -1.10. The molecule has 2 aromatic rings. The van der Waals surface area contributed by atoms with Gasteiger partial charge in [0.25, 0.3) is 0 Å². The second kappa shape index (κ2) is 7.78. The van der Waals surface area contributed by atoms with E-state index >= 15 is 0 Å². The molecule has 112 valence electrons. The van der Waals surface area contributed by atoms with E-state index in [-0.39, 0.29) is 11.6 Å². The van der Waals surface area contributed by atoms with Crippen LogP contribution in [-0.4, -0.2) is 12.3 Å². The number of hydrogen-bond acceptors (Lipinski definition) is 2. The number of halogens is 3. The minimum atomic E-state index is -0.521. The quantitative estimate of drug-likeness (QED) is 0.744. The van der Waals surface area contributed by atoms with Gasteiger partial charge in [0.15, 0.2) is 0 Å². The molecule has 0 aliphatic rings. The Morgan fingerprint density at radius 1 is 1.14 bits per heavy atom. The molecule has 0 radical (unpaired) electrons. The van der Waals surface area contributed by atoms with Crippen molar-refractivity contribution >= 4 is 23.4 Å². The normalized spacial score (nSPS) is 12.4. The maximum atomic E-state index is 13.9. The van der Waals surface area contributed by atoms with E-state index in [2.05, 4.69) is 5.32 Å². The van der Waals surface area contributed by atoms with Crippen molar-refractivity contribution in [3.63, 3.8) is 0 Å². The van der Waals surface area contributed by atoms with E-state index in [0.717, 1.165) is 4.90 Å². The molecule has 0 bridgehead atoms. The van der Waals surface area contributed by atoms with Crippen molar-refractivity contribution in [3.8, 4) is 0 Å². The maximum absolute atomic E-state index is 13.9. The highest BCUT2D eigenvalue weighted by molar-refractivity contribution is 7.99. The Kier molecular flexibility index (Phi) is 6.03. The fraction of sp³-hybridized carbons (Fsp3) is 0.250. The summed E-state index contributed by atoms with van der Waals surface area (Å²) in [7, 11) is 0. The fourth-order valence-corrected chi connectivity index (χ4v) is 3.35. The van der Waals surface area contributed by atoms with Gasteiger partial charge in [0, 0.05) is 27.3 Å². The molecule has 0 heterocycles. The summed E-state index contributed by atoms with van der Waals surface area (Å²) in [5.41, 5.74) is 0.0916. The topological polar surface area (TPSA) is 12.0 Å². The SMILES string of the molecule is CCNC(CSc1cccc(Cl)c1)c1c(F)cccc1F. The Morgan fingerprint density at radius 3 is 2.43 bits per heavy atom. The number of benzene rings is 2. The van der Waals surface area contributed by atoms with Crippen LogP contribution in [0.3, 0.4) is 0 Å². The Labute approximate surface area is 132 Å². The molecule has 2 aromatic carbocycles. The Bertz CT molecular complexity index is 586. The first-order valence-electron chi connectivity index (χ1n) is 6.67. The second-order valence-corrected chi connectivity index (χ2v) is 6.04. The predicted molar refractivity (Wildman–Crippen MR) is 85.0 cm³/mol. The van der Waals surface area contributed by atoms with Crippen molar-refractivity contribution in [1.82, 2.24) is 5.32 Å². The van der Waals surface area contributed by atoms with Gasteiger partial charge in [-0.2, -0.15) is 0 Å². The van der Waals surface area contributed by atoms with E-state index < -0.39 is 11.6 Å².